The van der Waals surface area contributed by atoms with Gasteiger partial charge in [0.1, 0.15) is 10.8 Å². The van der Waals surface area contributed by atoms with E-state index in [-0.39, 0.29) is 19.7 Å². The van der Waals surface area contributed by atoms with Crippen LogP contribution >= 0.6 is 22.9 Å². The molecule has 2 heterocycles. The van der Waals surface area contributed by atoms with Crippen LogP contribution in [0.3, 0.4) is 0 Å². The smallest absolute Gasteiger partial charge is 0.328 e. The van der Waals surface area contributed by atoms with E-state index in [1.54, 1.807) is 12.1 Å². The van der Waals surface area contributed by atoms with Gasteiger partial charge in [0.2, 0.25) is 0 Å². The maximum absolute atomic E-state index is 12.3. The summed E-state index contributed by atoms with van der Waals surface area (Å²) < 4.78 is 25.7. The highest BCUT2D eigenvalue weighted by Gasteiger charge is 2.39. The predicted molar refractivity (Wildman–Crippen MR) is 92.2 cm³/mol. The molecule has 0 bridgehead atoms. The van der Waals surface area contributed by atoms with Crippen LogP contribution in [0.4, 0.5) is 0 Å². The van der Waals surface area contributed by atoms with Gasteiger partial charge in [-0.05, 0) is 24.3 Å². The minimum absolute atomic E-state index is 0.0430. The van der Waals surface area contributed by atoms with Gasteiger partial charge in [-0.2, -0.15) is 4.31 Å². The van der Waals surface area contributed by atoms with Crippen molar-refractivity contribution in [2.24, 2.45) is 0 Å². The Hall–Kier alpha value is -2.27. The third-order valence-electron chi connectivity index (χ3n) is 3.51. The number of carbonyl (C=O) groups is 3. The molecule has 2 amide bonds. The van der Waals surface area contributed by atoms with Crippen LogP contribution in [0.1, 0.15) is 20.7 Å². The molecule has 3 rings (SSSR count). The van der Waals surface area contributed by atoms with Crippen molar-refractivity contribution in [1.82, 2.24) is 9.37 Å². The molecule has 0 saturated heterocycles. The first kappa shape index (κ1) is 18.5. The van der Waals surface area contributed by atoms with Gasteiger partial charge in [-0.3, -0.25) is 9.59 Å². The Balaban J connectivity index is 1.70. The Morgan fingerprint density at radius 1 is 1.15 bits per heavy atom. The molecule has 0 unspecified atom stereocenters. The lowest BCUT2D eigenvalue weighted by molar-refractivity contribution is -0.168. The lowest BCUT2D eigenvalue weighted by Gasteiger charge is -2.17. The van der Waals surface area contributed by atoms with Gasteiger partial charge >= 0.3 is 5.97 Å². The van der Waals surface area contributed by atoms with E-state index in [1.807, 2.05) is 0 Å². The van der Waals surface area contributed by atoms with Gasteiger partial charge in [-0.15, -0.1) is 11.3 Å². The van der Waals surface area contributed by atoms with E-state index >= 15 is 0 Å². The topological polar surface area (TPSA) is 101 Å². The third-order valence-corrected chi connectivity index (χ3v) is 7.02. The summed E-state index contributed by atoms with van der Waals surface area (Å²) in [6.07, 6.45) is 0. The van der Waals surface area contributed by atoms with E-state index in [0.29, 0.717) is 5.06 Å². The maximum atomic E-state index is 12.3. The highest BCUT2D eigenvalue weighted by molar-refractivity contribution is 7.91. The summed E-state index contributed by atoms with van der Waals surface area (Å²) in [5.41, 5.74) is 0.221. The normalized spacial score (nSPS) is 14.0. The molecule has 1 aromatic heterocycles. The van der Waals surface area contributed by atoms with E-state index in [9.17, 15) is 22.8 Å². The molecule has 0 spiro atoms. The van der Waals surface area contributed by atoms with Crippen LogP contribution in [0.5, 0.6) is 0 Å². The van der Waals surface area contributed by atoms with Gasteiger partial charge in [0.05, 0.1) is 15.5 Å². The first-order valence-electron chi connectivity index (χ1n) is 7.12. The van der Waals surface area contributed by atoms with Crippen LogP contribution in [0.25, 0.3) is 0 Å². The summed E-state index contributed by atoms with van der Waals surface area (Å²) in [4.78, 5) is 41.1. The molecule has 2 aromatic rings. The number of halogens is 1. The fraction of sp³-hybridized carbons (Fsp3) is 0.133. The molecule has 0 saturated carbocycles. The van der Waals surface area contributed by atoms with Crippen LogP contribution in [0.2, 0.25) is 4.34 Å². The van der Waals surface area contributed by atoms with Gasteiger partial charge in [-0.1, -0.05) is 28.8 Å². The van der Waals surface area contributed by atoms with Crippen LogP contribution < -0.4 is 0 Å². The molecule has 0 aliphatic carbocycles. The van der Waals surface area contributed by atoms with E-state index in [2.05, 4.69) is 0 Å². The number of sulfonamides is 1. The van der Waals surface area contributed by atoms with Crippen molar-refractivity contribution >= 4 is 50.7 Å². The molecule has 0 radical (unpaired) electrons. The fourth-order valence-corrected chi connectivity index (χ4v) is 5.05. The van der Waals surface area contributed by atoms with E-state index in [0.717, 1.165) is 15.6 Å². The molecule has 136 valence electrons. The minimum atomic E-state index is -3.95. The largest absolute Gasteiger partial charge is 0.348 e. The summed E-state index contributed by atoms with van der Waals surface area (Å²) in [6, 6.07) is 8.74. The molecule has 1 aliphatic heterocycles. The summed E-state index contributed by atoms with van der Waals surface area (Å²) in [5, 5.41) is 0.329. The van der Waals surface area contributed by atoms with Crippen molar-refractivity contribution < 1.29 is 27.6 Å². The summed E-state index contributed by atoms with van der Waals surface area (Å²) in [7, 11) is -2.78. The number of nitrogens with zero attached hydrogens (tertiary/aromatic N) is 2. The number of rotatable bonds is 5. The van der Waals surface area contributed by atoms with Crippen molar-refractivity contribution in [1.29, 1.82) is 0 Å². The summed E-state index contributed by atoms with van der Waals surface area (Å²) in [6.45, 7) is -0.689. The lowest BCUT2D eigenvalue weighted by atomic mass is 10.1. The van der Waals surface area contributed by atoms with Crippen molar-refractivity contribution in [3.63, 3.8) is 0 Å². The van der Waals surface area contributed by atoms with Crippen molar-refractivity contribution in [3.05, 3.63) is 51.9 Å². The first-order chi connectivity index (χ1) is 12.2. The number of benzene rings is 1. The SMILES string of the molecule is CN(CC(=O)ON1C(=O)c2ccccc2C1=O)S(=O)(=O)c1ccc(Cl)s1. The van der Waals surface area contributed by atoms with Crippen LogP contribution in [0.15, 0.2) is 40.6 Å². The summed E-state index contributed by atoms with van der Waals surface area (Å²) >= 11 is 6.57. The van der Waals surface area contributed by atoms with Gasteiger partial charge < -0.3 is 4.84 Å². The zero-order chi connectivity index (χ0) is 19.1. The minimum Gasteiger partial charge on any atom is -0.328 e. The molecule has 26 heavy (non-hydrogen) atoms. The Labute approximate surface area is 157 Å². The van der Waals surface area contributed by atoms with Crippen molar-refractivity contribution in [2.75, 3.05) is 13.6 Å². The number of thiophene rings is 1. The number of fused-ring (bicyclic) bond motifs is 1. The average Bonchev–Trinajstić information content (AvgIpc) is 3.13. The molecule has 8 nitrogen and oxygen atoms in total. The fourth-order valence-electron chi connectivity index (χ4n) is 2.24. The number of hydroxylamine groups is 2. The van der Waals surface area contributed by atoms with Gasteiger partial charge in [-0.25, -0.2) is 13.2 Å². The number of imide groups is 1. The quantitative estimate of drug-likeness (QED) is 0.691. The Kier molecular flexibility index (Phi) is 4.84. The second-order valence-corrected chi connectivity index (χ2v) is 9.22. The van der Waals surface area contributed by atoms with Crippen LogP contribution in [0, 0.1) is 0 Å². The van der Waals surface area contributed by atoms with Gasteiger partial charge in [0, 0.05) is 7.05 Å². The highest BCUT2D eigenvalue weighted by atomic mass is 35.5. The highest BCUT2D eigenvalue weighted by Crippen LogP contribution is 2.28. The van der Waals surface area contributed by atoms with Crippen LogP contribution in [-0.4, -0.2) is 49.2 Å². The van der Waals surface area contributed by atoms with E-state index in [4.69, 9.17) is 16.4 Å². The molecule has 1 aliphatic rings. The number of hydrogen-bond donors (Lipinski definition) is 0. The lowest BCUT2D eigenvalue weighted by Crippen LogP contribution is -2.38. The molecular weight excluding hydrogens is 404 g/mol. The number of carbonyl (C=O) groups excluding carboxylic acids is 3. The predicted octanol–water partition coefficient (Wildman–Crippen LogP) is 1.78. The zero-order valence-electron chi connectivity index (χ0n) is 13.2. The number of hydrogen-bond acceptors (Lipinski definition) is 7. The van der Waals surface area contributed by atoms with Crippen molar-refractivity contribution in [3.8, 4) is 0 Å². The Morgan fingerprint density at radius 3 is 2.23 bits per heavy atom. The van der Waals surface area contributed by atoms with E-state index in [1.165, 1.54) is 31.3 Å². The molecule has 11 heteroatoms. The molecule has 0 atom stereocenters. The maximum Gasteiger partial charge on any atom is 0.348 e. The van der Waals surface area contributed by atoms with E-state index < -0.39 is 34.4 Å². The van der Waals surface area contributed by atoms with Crippen LogP contribution in [-0.2, 0) is 19.7 Å². The summed E-state index contributed by atoms with van der Waals surface area (Å²) in [5.74, 6) is -2.64. The molecule has 0 fully saturated rings. The Morgan fingerprint density at radius 2 is 1.73 bits per heavy atom. The van der Waals surface area contributed by atoms with Crippen molar-refractivity contribution in [2.45, 2.75) is 4.21 Å². The molecule has 0 N–H and O–H groups in total. The second kappa shape index (κ2) is 6.80. The van der Waals surface area contributed by atoms with Gasteiger partial charge in [0.25, 0.3) is 21.8 Å². The Bertz CT molecular complexity index is 982. The molecule has 1 aromatic carbocycles. The second-order valence-electron chi connectivity index (χ2n) is 5.23. The van der Waals surface area contributed by atoms with Gasteiger partial charge in [0.15, 0.2) is 0 Å². The number of likely N-dealkylation sites (N-methyl/N-ethyl adjacent to an activating group) is 1. The first-order valence-corrected chi connectivity index (χ1v) is 9.75. The zero-order valence-corrected chi connectivity index (χ0v) is 15.6. The average molecular weight is 415 g/mol. The third kappa shape index (κ3) is 3.23. The standard InChI is InChI=1S/C15H11ClN2O6S2/c1-17(26(22,23)13-7-6-11(16)25-13)8-12(19)24-18-14(20)9-4-2-3-5-10(9)15(18)21/h2-7H,8H2,1H3. The monoisotopic (exact) mass is 414 g/mol. The number of amides is 2. The molecular formula is C15H11ClN2O6S2.